The van der Waals surface area contributed by atoms with Crippen LogP contribution in [0.15, 0.2) is 18.2 Å². The Morgan fingerprint density at radius 2 is 2.13 bits per heavy atom. The number of halogens is 2. The molecule has 1 aromatic carbocycles. The van der Waals surface area contributed by atoms with Gasteiger partial charge in [0.05, 0.1) is 10.0 Å². The summed E-state index contributed by atoms with van der Waals surface area (Å²) in [5.74, 6) is 0.615. The first-order valence-electron chi connectivity index (χ1n) is 4.45. The quantitative estimate of drug-likeness (QED) is 0.846. The molecule has 0 radical (unpaired) electrons. The molecule has 0 aliphatic rings. The molecule has 0 bridgehead atoms. The second kappa shape index (κ2) is 5.54. The summed E-state index contributed by atoms with van der Waals surface area (Å²) in [7, 11) is 0. The monoisotopic (exact) mass is 263 g/mol. The van der Waals surface area contributed by atoms with Crippen molar-refractivity contribution in [3.8, 4) is 5.75 Å². The summed E-state index contributed by atoms with van der Waals surface area (Å²) in [6.45, 7) is 1.95. The number of thiocarbonyl (C=S) groups is 1. The average molecular weight is 264 g/mol. The third-order valence-electron chi connectivity index (χ3n) is 1.86. The molecule has 0 amide bonds. The highest BCUT2D eigenvalue weighted by Crippen LogP contribution is 2.27. The van der Waals surface area contributed by atoms with Crippen LogP contribution in [0.1, 0.15) is 13.3 Å². The minimum absolute atomic E-state index is 0.266. The number of rotatable bonds is 4. The lowest BCUT2D eigenvalue weighted by Crippen LogP contribution is -2.31. The van der Waals surface area contributed by atoms with Gasteiger partial charge < -0.3 is 10.5 Å². The molecule has 82 valence electrons. The number of nitrogens with two attached hydrogens (primary N) is 1. The molecular formula is C10H11Cl2NOS. The Kier molecular flexibility index (Phi) is 4.64. The molecule has 0 saturated heterocycles. The standard InChI is InChI=1S/C10H11Cl2NOS/c1-2-9(10(13)15)14-6-3-4-7(11)8(12)5-6/h3-5,9H,2H2,1H3,(H2,13,15). The number of hydrogen-bond donors (Lipinski definition) is 1. The zero-order valence-corrected chi connectivity index (χ0v) is 10.5. The highest BCUT2D eigenvalue weighted by atomic mass is 35.5. The Labute approximate surface area is 104 Å². The molecule has 0 heterocycles. The van der Waals surface area contributed by atoms with Gasteiger partial charge >= 0.3 is 0 Å². The molecule has 0 aromatic heterocycles. The summed E-state index contributed by atoms with van der Waals surface area (Å²) in [4.78, 5) is 0.337. The maximum absolute atomic E-state index is 5.84. The Morgan fingerprint density at radius 1 is 1.47 bits per heavy atom. The first kappa shape index (κ1) is 12.6. The van der Waals surface area contributed by atoms with Crippen LogP contribution < -0.4 is 10.5 Å². The SMILES string of the molecule is CCC(Oc1ccc(Cl)c(Cl)c1)C(N)=S. The first-order valence-corrected chi connectivity index (χ1v) is 5.62. The van der Waals surface area contributed by atoms with Gasteiger partial charge in [0, 0.05) is 6.07 Å². The predicted octanol–water partition coefficient (Wildman–Crippen LogP) is 3.44. The van der Waals surface area contributed by atoms with Gasteiger partial charge in [0.25, 0.3) is 0 Å². The molecule has 5 heteroatoms. The lowest BCUT2D eigenvalue weighted by molar-refractivity contribution is 0.264. The predicted molar refractivity (Wildman–Crippen MR) is 68.0 cm³/mol. The van der Waals surface area contributed by atoms with Gasteiger partial charge in [0.15, 0.2) is 0 Å². The summed E-state index contributed by atoms with van der Waals surface area (Å²) < 4.78 is 5.55. The molecule has 0 aliphatic heterocycles. The third-order valence-corrected chi connectivity index (χ3v) is 2.86. The molecule has 0 spiro atoms. The van der Waals surface area contributed by atoms with Crippen molar-refractivity contribution in [3.63, 3.8) is 0 Å². The van der Waals surface area contributed by atoms with Crippen molar-refractivity contribution in [2.75, 3.05) is 0 Å². The molecule has 1 unspecified atom stereocenters. The lowest BCUT2D eigenvalue weighted by atomic mass is 10.2. The summed E-state index contributed by atoms with van der Waals surface area (Å²) in [6.07, 6.45) is 0.451. The number of ether oxygens (including phenoxy) is 1. The summed E-state index contributed by atoms with van der Waals surface area (Å²) >= 11 is 16.5. The van der Waals surface area contributed by atoms with Gasteiger partial charge in [-0.1, -0.05) is 42.3 Å². The van der Waals surface area contributed by atoms with E-state index in [4.69, 9.17) is 45.9 Å². The van der Waals surface area contributed by atoms with E-state index in [2.05, 4.69) is 0 Å². The zero-order valence-electron chi connectivity index (χ0n) is 8.17. The van der Waals surface area contributed by atoms with Gasteiger partial charge in [0.1, 0.15) is 16.8 Å². The summed E-state index contributed by atoms with van der Waals surface area (Å²) in [5.41, 5.74) is 5.51. The van der Waals surface area contributed by atoms with E-state index in [1.165, 1.54) is 0 Å². The van der Waals surface area contributed by atoms with E-state index >= 15 is 0 Å². The van der Waals surface area contributed by atoms with E-state index in [-0.39, 0.29) is 6.10 Å². The van der Waals surface area contributed by atoms with Crippen molar-refractivity contribution >= 4 is 40.4 Å². The molecule has 1 rings (SSSR count). The summed E-state index contributed by atoms with van der Waals surface area (Å²) in [5, 5.41) is 0.944. The van der Waals surface area contributed by atoms with Crippen molar-refractivity contribution in [1.82, 2.24) is 0 Å². The zero-order chi connectivity index (χ0) is 11.4. The van der Waals surface area contributed by atoms with E-state index in [1.807, 2.05) is 6.92 Å². The molecule has 0 aliphatic carbocycles. The second-order valence-electron chi connectivity index (χ2n) is 2.99. The molecule has 0 fully saturated rings. The van der Waals surface area contributed by atoms with Crippen LogP contribution in [0.4, 0.5) is 0 Å². The van der Waals surface area contributed by atoms with Gasteiger partial charge in [0.2, 0.25) is 0 Å². The van der Waals surface area contributed by atoms with Crippen molar-refractivity contribution in [3.05, 3.63) is 28.2 Å². The van der Waals surface area contributed by atoms with E-state index in [1.54, 1.807) is 18.2 Å². The molecule has 2 nitrogen and oxygen atoms in total. The Balaban J connectivity index is 2.80. The van der Waals surface area contributed by atoms with Crippen LogP contribution >= 0.6 is 35.4 Å². The van der Waals surface area contributed by atoms with Crippen LogP contribution in [0.2, 0.25) is 10.0 Å². The van der Waals surface area contributed by atoms with Gasteiger partial charge in [-0.2, -0.15) is 0 Å². The van der Waals surface area contributed by atoms with Crippen LogP contribution in [0.5, 0.6) is 5.75 Å². The van der Waals surface area contributed by atoms with Gasteiger partial charge in [-0.05, 0) is 18.6 Å². The second-order valence-corrected chi connectivity index (χ2v) is 4.28. The molecule has 1 aromatic rings. The molecule has 15 heavy (non-hydrogen) atoms. The maximum atomic E-state index is 5.84. The minimum atomic E-state index is -0.266. The van der Waals surface area contributed by atoms with Crippen LogP contribution in [0, 0.1) is 0 Å². The highest BCUT2D eigenvalue weighted by Gasteiger charge is 2.11. The van der Waals surface area contributed by atoms with Crippen LogP contribution in [0.3, 0.4) is 0 Å². The van der Waals surface area contributed by atoms with Crippen molar-refractivity contribution < 1.29 is 4.74 Å². The van der Waals surface area contributed by atoms with Crippen LogP contribution in [0.25, 0.3) is 0 Å². The fourth-order valence-electron chi connectivity index (χ4n) is 1.06. The Morgan fingerprint density at radius 3 is 2.60 bits per heavy atom. The lowest BCUT2D eigenvalue weighted by Gasteiger charge is -2.16. The molecule has 2 N–H and O–H groups in total. The van der Waals surface area contributed by atoms with Gasteiger partial charge in [-0.3, -0.25) is 0 Å². The molecular weight excluding hydrogens is 253 g/mol. The van der Waals surface area contributed by atoms with Crippen LogP contribution in [-0.2, 0) is 0 Å². The third kappa shape index (κ3) is 3.52. The number of hydrogen-bond acceptors (Lipinski definition) is 2. The van der Waals surface area contributed by atoms with Crippen molar-refractivity contribution in [2.45, 2.75) is 19.4 Å². The fraction of sp³-hybridized carbons (Fsp3) is 0.300. The topological polar surface area (TPSA) is 35.2 Å². The van der Waals surface area contributed by atoms with Crippen molar-refractivity contribution in [1.29, 1.82) is 0 Å². The van der Waals surface area contributed by atoms with E-state index in [9.17, 15) is 0 Å². The molecule has 1 atom stereocenters. The first-order chi connectivity index (χ1) is 7.04. The minimum Gasteiger partial charge on any atom is -0.483 e. The van der Waals surface area contributed by atoms with Crippen molar-refractivity contribution in [2.24, 2.45) is 5.73 Å². The largest absolute Gasteiger partial charge is 0.483 e. The average Bonchev–Trinajstić information content (AvgIpc) is 2.19. The van der Waals surface area contributed by atoms with Crippen LogP contribution in [-0.4, -0.2) is 11.1 Å². The number of benzene rings is 1. The highest BCUT2D eigenvalue weighted by molar-refractivity contribution is 7.80. The normalized spacial score (nSPS) is 12.2. The Bertz CT molecular complexity index is 370. The maximum Gasteiger partial charge on any atom is 0.148 e. The van der Waals surface area contributed by atoms with Gasteiger partial charge in [-0.25, -0.2) is 0 Å². The van der Waals surface area contributed by atoms with E-state index in [0.29, 0.717) is 20.8 Å². The smallest absolute Gasteiger partial charge is 0.148 e. The van der Waals surface area contributed by atoms with E-state index < -0.39 is 0 Å². The summed E-state index contributed by atoms with van der Waals surface area (Å²) in [6, 6.07) is 5.05. The van der Waals surface area contributed by atoms with E-state index in [0.717, 1.165) is 6.42 Å². The molecule has 0 saturated carbocycles. The Hall–Kier alpha value is -0.510. The fourth-order valence-corrected chi connectivity index (χ4v) is 1.56. The van der Waals surface area contributed by atoms with Gasteiger partial charge in [-0.15, -0.1) is 0 Å².